The molecule has 0 saturated carbocycles. The first-order valence-corrected chi connectivity index (χ1v) is 6.47. The van der Waals surface area contributed by atoms with Crippen LogP contribution in [0.3, 0.4) is 0 Å². The van der Waals surface area contributed by atoms with Crippen LogP contribution in [0, 0.1) is 0 Å². The van der Waals surface area contributed by atoms with Crippen molar-refractivity contribution in [3.8, 4) is 0 Å². The number of halogens is 1. The summed E-state index contributed by atoms with van der Waals surface area (Å²) in [5, 5.41) is 10.5. The third-order valence-electron chi connectivity index (χ3n) is 2.86. The summed E-state index contributed by atoms with van der Waals surface area (Å²) in [6.45, 7) is 4.29. The van der Waals surface area contributed by atoms with Crippen molar-refractivity contribution in [2.45, 2.75) is 25.9 Å². The van der Waals surface area contributed by atoms with Crippen LogP contribution in [0.5, 0.6) is 0 Å². The maximum absolute atomic E-state index is 3.96. The van der Waals surface area contributed by atoms with Gasteiger partial charge in [0.05, 0.1) is 5.69 Å². The normalized spacial score (nSPS) is 14.5. The third kappa shape index (κ3) is 3.17. The standard InChI is InChI=1S/C13H16BrN3/c1-9(11-3-5-12(14)6-4-11)16-10(2)13-7-8-15-17-13/h3-10,16H,1-2H3,(H,15,17). The Morgan fingerprint density at radius 1 is 1.12 bits per heavy atom. The van der Waals surface area contributed by atoms with E-state index in [4.69, 9.17) is 0 Å². The predicted octanol–water partition coefficient (Wildman–Crippen LogP) is 3.58. The fourth-order valence-electron chi connectivity index (χ4n) is 1.82. The van der Waals surface area contributed by atoms with Crippen LogP contribution in [0.2, 0.25) is 0 Å². The molecule has 0 aliphatic heterocycles. The van der Waals surface area contributed by atoms with Crippen molar-refractivity contribution >= 4 is 15.9 Å². The molecule has 0 radical (unpaired) electrons. The summed E-state index contributed by atoms with van der Waals surface area (Å²) in [6.07, 6.45) is 1.78. The molecule has 1 aromatic heterocycles. The zero-order valence-corrected chi connectivity index (χ0v) is 11.5. The maximum atomic E-state index is 3.96. The van der Waals surface area contributed by atoms with Crippen LogP contribution in [-0.2, 0) is 0 Å². The van der Waals surface area contributed by atoms with Gasteiger partial charge in [-0.05, 0) is 37.6 Å². The average molecular weight is 294 g/mol. The summed E-state index contributed by atoms with van der Waals surface area (Å²) in [5.41, 5.74) is 2.38. The van der Waals surface area contributed by atoms with Gasteiger partial charge >= 0.3 is 0 Å². The summed E-state index contributed by atoms with van der Waals surface area (Å²) in [6, 6.07) is 10.9. The molecule has 0 aliphatic rings. The molecule has 2 N–H and O–H groups in total. The van der Waals surface area contributed by atoms with E-state index in [0.717, 1.165) is 10.2 Å². The van der Waals surface area contributed by atoms with Crippen LogP contribution in [0.1, 0.15) is 37.2 Å². The van der Waals surface area contributed by atoms with E-state index in [9.17, 15) is 0 Å². The van der Waals surface area contributed by atoms with Gasteiger partial charge in [0.15, 0.2) is 0 Å². The summed E-state index contributed by atoms with van der Waals surface area (Å²) in [7, 11) is 0. The second-order valence-electron chi connectivity index (χ2n) is 4.17. The van der Waals surface area contributed by atoms with Gasteiger partial charge in [0, 0.05) is 22.8 Å². The summed E-state index contributed by atoms with van der Waals surface area (Å²) in [4.78, 5) is 0. The molecule has 90 valence electrons. The number of H-pyrrole nitrogens is 1. The van der Waals surface area contributed by atoms with Crippen LogP contribution in [-0.4, -0.2) is 10.2 Å². The second-order valence-corrected chi connectivity index (χ2v) is 5.09. The van der Waals surface area contributed by atoms with Gasteiger partial charge in [0.25, 0.3) is 0 Å². The van der Waals surface area contributed by atoms with Crippen LogP contribution < -0.4 is 5.32 Å². The van der Waals surface area contributed by atoms with E-state index in [1.807, 2.05) is 6.07 Å². The molecule has 3 nitrogen and oxygen atoms in total. The lowest BCUT2D eigenvalue weighted by Gasteiger charge is -2.19. The number of aromatic amines is 1. The van der Waals surface area contributed by atoms with E-state index < -0.39 is 0 Å². The molecule has 2 aromatic rings. The number of nitrogens with one attached hydrogen (secondary N) is 2. The number of nitrogens with zero attached hydrogens (tertiary/aromatic N) is 1. The van der Waals surface area contributed by atoms with Crippen LogP contribution in [0.15, 0.2) is 41.0 Å². The quantitative estimate of drug-likeness (QED) is 0.904. The largest absolute Gasteiger partial charge is 0.302 e. The Balaban J connectivity index is 2.01. The smallest absolute Gasteiger partial charge is 0.0518 e. The Kier molecular flexibility index (Phi) is 3.97. The van der Waals surface area contributed by atoms with Crippen molar-refractivity contribution in [1.82, 2.24) is 15.5 Å². The third-order valence-corrected chi connectivity index (χ3v) is 3.39. The monoisotopic (exact) mass is 293 g/mol. The highest BCUT2D eigenvalue weighted by atomic mass is 79.9. The highest BCUT2D eigenvalue weighted by molar-refractivity contribution is 9.10. The molecule has 4 heteroatoms. The SMILES string of the molecule is CC(NC(C)c1ccn[nH]1)c1ccc(Br)cc1. The molecule has 0 spiro atoms. The van der Waals surface area contributed by atoms with Gasteiger partial charge in [-0.15, -0.1) is 0 Å². The number of aromatic nitrogens is 2. The number of hydrogen-bond donors (Lipinski definition) is 2. The molecule has 0 amide bonds. The summed E-state index contributed by atoms with van der Waals surface area (Å²) < 4.78 is 1.11. The van der Waals surface area contributed by atoms with Crippen molar-refractivity contribution in [2.75, 3.05) is 0 Å². The molecule has 1 aromatic carbocycles. The number of hydrogen-bond acceptors (Lipinski definition) is 2. The first-order valence-electron chi connectivity index (χ1n) is 5.67. The fraction of sp³-hybridized carbons (Fsp3) is 0.308. The molecule has 17 heavy (non-hydrogen) atoms. The van der Waals surface area contributed by atoms with Crippen LogP contribution in [0.25, 0.3) is 0 Å². The lowest BCUT2D eigenvalue weighted by Crippen LogP contribution is -2.22. The van der Waals surface area contributed by atoms with Crippen molar-refractivity contribution < 1.29 is 0 Å². The maximum Gasteiger partial charge on any atom is 0.0518 e. The fourth-order valence-corrected chi connectivity index (χ4v) is 2.08. The highest BCUT2D eigenvalue weighted by Crippen LogP contribution is 2.19. The lowest BCUT2D eigenvalue weighted by atomic mass is 10.1. The van der Waals surface area contributed by atoms with Crippen molar-refractivity contribution in [2.24, 2.45) is 0 Å². The molecule has 0 bridgehead atoms. The van der Waals surface area contributed by atoms with Crippen LogP contribution in [0.4, 0.5) is 0 Å². The minimum absolute atomic E-state index is 0.260. The van der Waals surface area contributed by atoms with E-state index in [1.54, 1.807) is 6.20 Å². The van der Waals surface area contributed by atoms with E-state index >= 15 is 0 Å². The molecule has 2 rings (SSSR count). The Morgan fingerprint density at radius 3 is 2.41 bits per heavy atom. The minimum atomic E-state index is 0.260. The second kappa shape index (κ2) is 5.47. The van der Waals surface area contributed by atoms with E-state index in [-0.39, 0.29) is 6.04 Å². The average Bonchev–Trinajstić information content (AvgIpc) is 2.83. The molecule has 0 fully saturated rings. The Bertz CT molecular complexity index is 450. The molecule has 1 heterocycles. The van der Waals surface area contributed by atoms with Gasteiger partial charge in [-0.1, -0.05) is 28.1 Å². The van der Waals surface area contributed by atoms with Gasteiger partial charge in [-0.3, -0.25) is 5.10 Å². The van der Waals surface area contributed by atoms with E-state index in [2.05, 4.69) is 69.6 Å². The van der Waals surface area contributed by atoms with Gasteiger partial charge in [0.1, 0.15) is 0 Å². The zero-order valence-electron chi connectivity index (χ0n) is 9.94. The summed E-state index contributed by atoms with van der Waals surface area (Å²) >= 11 is 3.44. The van der Waals surface area contributed by atoms with Crippen molar-refractivity contribution in [3.05, 3.63) is 52.3 Å². The Morgan fingerprint density at radius 2 is 1.82 bits per heavy atom. The zero-order chi connectivity index (χ0) is 12.3. The Hall–Kier alpha value is -1.13. The number of benzene rings is 1. The predicted molar refractivity (Wildman–Crippen MR) is 72.7 cm³/mol. The molecular weight excluding hydrogens is 278 g/mol. The number of rotatable bonds is 4. The van der Waals surface area contributed by atoms with E-state index in [1.165, 1.54) is 5.56 Å². The topological polar surface area (TPSA) is 40.7 Å². The van der Waals surface area contributed by atoms with Crippen molar-refractivity contribution in [3.63, 3.8) is 0 Å². The van der Waals surface area contributed by atoms with Gasteiger partial charge < -0.3 is 5.32 Å². The minimum Gasteiger partial charge on any atom is -0.302 e. The van der Waals surface area contributed by atoms with Gasteiger partial charge in [-0.25, -0.2) is 0 Å². The van der Waals surface area contributed by atoms with Crippen LogP contribution >= 0.6 is 15.9 Å². The van der Waals surface area contributed by atoms with Crippen molar-refractivity contribution in [1.29, 1.82) is 0 Å². The molecule has 0 saturated heterocycles. The first-order chi connectivity index (χ1) is 8.16. The highest BCUT2D eigenvalue weighted by Gasteiger charge is 2.11. The molecule has 2 unspecified atom stereocenters. The summed E-state index contributed by atoms with van der Waals surface area (Å²) in [5.74, 6) is 0. The van der Waals surface area contributed by atoms with Gasteiger partial charge in [-0.2, -0.15) is 5.10 Å². The Labute approximate surface area is 110 Å². The molecule has 2 atom stereocenters. The molecular formula is C13H16BrN3. The molecule has 0 aliphatic carbocycles. The van der Waals surface area contributed by atoms with E-state index in [0.29, 0.717) is 6.04 Å². The lowest BCUT2D eigenvalue weighted by molar-refractivity contribution is 0.485. The van der Waals surface area contributed by atoms with Gasteiger partial charge in [0.2, 0.25) is 0 Å². The first kappa shape index (κ1) is 12.3.